The van der Waals surface area contributed by atoms with Crippen LogP contribution in [0.25, 0.3) is 0 Å². The summed E-state index contributed by atoms with van der Waals surface area (Å²) in [5, 5.41) is 7.87. The van der Waals surface area contributed by atoms with E-state index < -0.39 is 0 Å². The molecule has 6 rings (SSSR count). The average molecular weight is 454 g/mol. The molecule has 33 heavy (non-hydrogen) atoms. The number of benzene rings is 4. The molecule has 4 aromatic rings. The standard InChI is InChI=1S/C27H20ClN3O2/c28-21-12-14-22(15-13-21)30-26(19-7-3-1-4-8-19)29-31(23-9-5-2-6-10-23)27(30)20-11-16-24-25(17-20)33-18-32-24/h1-17,27H,18H2/t27-/m1/s1. The van der Waals surface area contributed by atoms with Gasteiger partial charge in [0.05, 0.1) is 5.69 Å². The Bertz CT molecular complexity index is 1310. The van der Waals surface area contributed by atoms with Gasteiger partial charge in [-0.2, -0.15) is 5.10 Å². The van der Waals surface area contributed by atoms with Crippen molar-refractivity contribution in [1.29, 1.82) is 0 Å². The topological polar surface area (TPSA) is 37.3 Å². The van der Waals surface area contributed by atoms with E-state index in [2.05, 4.69) is 40.2 Å². The van der Waals surface area contributed by atoms with Crippen molar-refractivity contribution >= 4 is 28.8 Å². The number of hydrogen-bond acceptors (Lipinski definition) is 5. The van der Waals surface area contributed by atoms with Crippen LogP contribution < -0.4 is 19.4 Å². The predicted octanol–water partition coefficient (Wildman–Crippen LogP) is 6.46. The zero-order valence-corrected chi connectivity index (χ0v) is 18.4. The van der Waals surface area contributed by atoms with E-state index in [-0.39, 0.29) is 13.0 Å². The van der Waals surface area contributed by atoms with Gasteiger partial charge in [-0.1, -0.05) is 66.2 Å². The third-order valence-corrected chi connectivity index (χ3v) is 6.01. The molecule has 4 aromatic carbocycles. The highest BCUT2D eigenvalue weighted by molar-refractivity contribution is 6.30. The summed E-state index contributed by atoms with van der Waals surface area (Å²) in [5.41, 5.74) is 4.04. The van der Waals surface area contributed by atoms with Crippen molar-refractivity contribution < 1.29 is 9.47 Å². The minimum Gasteiger partial charge on any atom is -0.454 e. The van der Waals surface area contributed by atoms with Crippen molar-refractivity contribution in [3.63, 3.8) is 0 Å². The van der Waals surface area contributed by atoms with Crippen LogP contribution in [0.2, 0.25) is 5.02 Å². The number of hydrazone groups is 1. The molecule has 2 aliphatic heterocycles. The molecule has 5 nitrogen and oxygen atoms in total. The largest absolute Gasteiger partial charge is 0.454 e. The second-order valence-electron chi connectivity index (χ2n) is 7.80. The van der Waals surface area contributed by atoms with Gasteiger partial charge in [0.15, 0.2) is 23.5 Å². The molecule has 0 aliphatic carbocycles. The van der Waals surface area contributed by atoms with E-state index in [1.54, 1.807) is 0 Å². The second-order valence-corrected chi connectivity index (χ2v) is 8.24. The summed E-state index contributed by atoms with van der Waals surface area (Å²) >= 11 is 6.22. The van der Waals surface area contributed by atoms with Crippen LogP contribution in [0.4, 0.5) is 11.4 Å². The van der Waals surface area contributed by atoms with Crippen LogP contribution in [0.5, 0.6) is 11.5 Å². The van der Waals surface area contributed by atoms with Gasteiger partial charge in [0.2, 0.25) is 6.79 Å². The molecular formula is C27H20ClN3O2. The van der Waals surface area contributed by atoms with Gasteiger partial charge < -0.3 is 9.47 Å². The Morgan fingerprint density at radius 2 is 1.42 bits per heavy atom. The maximum absolute atomic E-state index is 6.22. The number of para-hydroxylation sites is 1. The fraction of sp³-hybridized carbons (Fsp3) is 0.0741. The number of nitrogens with zero attached hydrogens (tertiary/aromatic N) is 3. The fourth-order valence-corrected chi connectivity index (χ4v) is 4.35. The molecule has 0 bridgehead atoms. The van der Waals surface area contributed by atoms with Gasteiger partial charge in [0.25, 0.3) is 0 Å². The van der Waals surface area contributed by atoms with Crippen LogP contribution in [-0.2, 0) is 0 Å². The van der Waals surface area contributed by atoms with Gasteiger partial charge in [-0.3, -0.25) is 4.90 Å². The molecule has 2 aliphatic rings. The molecule has 0 radical (unpaired) electrons. The summed E-state index contributed by atoms with van der Waals surface area (Å²) in [6, 6.07) is 34.3. The van der Waals surface area contributed by atoms with Crippen LogP contribution in [-0.4, -0.2) is 12.6 Å². The Morgan fingerprint density at radius 1 is 0.727 bits per heavy atom. The molecule has 0 saturated heterocycles. The molecule has 0 fully saturated rings. The van der Waals surface area contributed by atoms with Gasteiger partial charge in [-0.25, -0.2) is 5.01 Å². The van der Waals surface area contributed by atoms with E-state index in [9.17, 15) is 0 Å². The van der Waals surface area contributed by atoms with E-state index in [0.29, 0.717) is 5.02 Å². The third kappa shape index (κ3) is 3.56. The Morgan fingerprint density at radius 3 is 2.18 bits per heavy atom. The molecular weight excluding hydrogens is 434 g/mol. The van der Waals surface area contributed by atoms with Crippen LogP contribution in [0.3, 0.4) is 0 Å². The van der Waals surface area contributed by atoms with E-state index in [0.717, 1.165) is 39.8 Å². The molecule has 0 amide bonds. The number of amidine groups is 1. The lowest BCUT2D eigenvalue weighted by atomic mass is 10.1. The lowest BCUT2D eigenvalue weighted by Gasteiger charge is -2.32. The number of rotatable bonds is 4. The van der Waals surface area contributed by atoms with E-state index >= 15 is 0 Å². The lowest BCUT2D eigenvalue weighted by molar-refractivity contribution is 0.174. The minimum atomic E-state index is -0.238. The number of ether oxygens (including phenoxy) is 2. The predicted molar refractivity (Wildman–Crippen MR) is 131 cm³/mol. The van der Waals surface area contributed by atoms with Crippen molar-refractivity contribution in [1.82, 2.24) is 0 Å². The first kappa shape index (κ1) is 19.7. The summed E-state index contributed by atoms with van der Waals surface area (Å²) in [6.45, 7) is 0.235. The smallest absolute Gasteiger partial charge is 0.231 e. The monoisotopic (exact) mass is 453 g/mol. The molecule has 6 heteroatoms. The SMILES string of the molecule is Clc1ccc(N2C(c3ccccc3)=NN(c3ccccc3)[C@@H]2c2ccc3c(c2)OCO3)cc1. The zero-order valence-electron chi connectivity index (χ0n) is 17.6. The second kappa shape index (κ2) is 8.19. The van der Waals surface area contributed by atoms with Crippen molar-refractivity contribution in [2.75, 3.05) is 16.7 Å². The van der Waals surface area contributed by atoms with Crippen LogP contribution in [0, 0.1) is 0 Å². The highest BCUT2D eigenvalue weighted by atomic mass is 35.5. The quantitative estimate of drug-likeness (QED) is 0.355. The minimum absolute atomic E-state index is 0.235. The average Bonchev–Trinajstić information content (AvgIpc) is 3.50. The van der Waals surface area contributed by atoms with Gasteiger partial charge in [-0.05, 0) is 48.5 Å². The molecule has 0 spiro atoms. The molecule has 1 atom stereocenters. The van der Waals surface area contributed by atoms with Crippen LogP contribution in [0.1, 0.15) is 17.3 Å². The highest BCUT2D eigenvalue weighted by Crippen LogP contribution is 2.43. The summed E-state index contributed by atoms with van der Waals surface area (Å²) in [6.07, 6.45) is -0.238. The van der Waals surface area contributed by atoms with Crippen molar-refractivity contribution in [2.45, 2.75) is 6.17 Å². The lowest BCUT2D eigenvalue weighted by Crippen LogP contribution is -2.35. The van der Waals surface area contributed by atoms with Crippen LogP contribution in [0.15, 0.2) is 108 Å². The Labute approximate surface area is 197 Å². The van der Waals surface area contributed by atoms with Crippen LogP contribution >= 0.6 is 11.6 Å². The molecule has 0 unspecified atom stereocenters. The molecule has 162 valence electrons. The van der Waals surface area contributed by atoms with Gasteiger partial charge in [0.1, 0.15) is 0 Å². The first-order valence-electron chi connectivity index (χ1n) is 10.7. The summed E-state index contributed by atoms with van der Waals surface area (Å²) < 4.78 is 11.2. The fourth-order valence-electron chi connectivity index (χ4n) is 4.22. The molecule has 0 saturated carbocycles. The highest BCUT2D eigenvalue weighted by Gasteiger charge is 2.38. The third-order valence-electron chi connectivity index (χ3n) is 5.76. The zero-order chi connectivity index (χ0) is 22.2. The first-order valence-corrected chi connectivity index (χ1v) is 11.1. The summed E-state index contributed by atoms with van der Waals surface area (Å²) in [5.74, 6) is 2.35. The number of hydrogen-bond donors (Lipinski definition) is 0. The Hall–Kier alpha value is -3.96. The van der Waals surface area contributed by atoms with Crippen molar-refractivity contribution in [3.05, 3.63) is 119 Å². The van der Waals surface area contributed by atoms with E-state index in [4.69, 9.17) is 26.2 Å². The number of fused-ring (bicyclic) bond motifs is 1. The Kier molecular flexibility index (Phi) is 4.89. The van der Waals surface area contributed by atoms with Gasteiger partial charge >= 0.3 is 0 Å². The summed E-state index contributed by atoms with van der Waals surface area (Å²) in [7, 11) is 0. The Balaban J connectivity index is 1.56. The summed E-state index contributed by atoms with van der Waals surface area (Å²) in [4.78, 5) is 2.23. The van der Waals surface area contributed by atoms with E-state index in [1.807, 2.05) is 72.8 Å². The normalized spacial score (nSPS) is 16.8. The maximum atomic E-state index is 6.22. The molecule has 0 N–H and O–H groups in total. The van der Waals surface area contributed by atoms with Gasteiger partial charge in [0, 0.05) is 21.8 Å². The maximum Gasteiger partial charge on any atom is 0.231 e. The first-order chi connectivity index (χ1) is 16.3. The number of halogens is 1. The van der Waals surface area contributed by atoms with Crippen molar-refractivity contribution in [3.8, 4) is 11.5 Å². The van der Waals surface area contributed by atoms with Gasteiger partial charge in [-0.15, -0.1) is 0 Å². The van der Waals surface area contributed by atoms with E-state index in [1.165, 1.54) is 0 Å². The molecule has 2 heterocycles. The van der Waals surface area contributed by atoms with Crippen molar-refractivity contribution in [2.24, 2.45) is 5.10 Å². The number of anilines is 2. The molecule has 0 aromatic heterocycles.